The number of rotatable bonds is 4. The second-order valence-corrected chi connectivity index (χ2v) is 10.7. The maximum Gasteiger partial charge on any atom is 0.464 e. The number of hydrogen-bond donors (Lipinski definition) is 0. The van der Waals surface area contributed by atoms with Gasteiger partial charge in [-0.15, -0.1) is 0 Å². The van der Waals surface area contributed by atoms with E-state index in [-0.39, 0.29) is 5.60 Å². The molecule has 0 spiro atoms. The zero-order valence-electron chi connectivity index (χ0n) is 13.8. The topological polar surface area (TPSA) is 9.23 Å². The van der Waals surface area contributed by atoms with Crippen LogP contribution in [0.25, 0.3) is 0 Å². The van der Waals surface area contributed by atoms with E-state index in [0.717, 1.165) is 16.6 Å². The van der Waals surface area contributed by atoms with Crippen LogP contribution in [0.2, 0.25) is 10.1 Å². The van der Waals surface area contributed by atoms with E-state index in [1.807, 2.05) is 0 Å². The van der Waals surface area contributed by atoms with Crippen LogP contribution in [0.4, 0.5) is 0 Å². The minimum atomic E-state index is -1.02. The lowest BCUT2D eigenvalue weighted by atomic mass is 9.66. The molecule has 0 aromatic carbocycles. The standard InChI is InChI=1S/C13H26O.C3H7.Al/c1-8-12(9(2)3)13(14,10(4)5)11(6)7;1-3-2;/h9-12H,1,8H2,2-7H3;3H,1-2H3;/q-1;;+1. The SMILES string of the molecule is CC(C)C1C[CH2][Al]([CH](C)C)[O]C1(C(C)C)C(C)C. The molecule has 0 aromatic rings. The summed E-state index contributed by atoms with van der Waals surface area (Å²) >= 11 is -1.02. The first kappa shape index (κ1) is 16.5. The Morgan fingerprint density at radius 2 is 1.44 bits per heavy atom. The van der Waals surface area contributed by atoms with Gasteiger partial charge in [0.25, 0.3) is 0 Å². The summed E-state index contributed by atoms with van der Waals surface area (Å²) < 4.78 is 7.64. The highest BCUT2D eigenvalue weighted by molar-refractivity contribution is 6.53. The highest BCUT2D eigenvalue weighted by atomic mass is 27.2. The quantitative estimate of drug-likeness (QED) is 0.642. The lowest BCUT2D eigenvalue weighted by Gasteiger charge is -2.55. The van der Waals surface area contributed by atoms with Gasteiger partial charge >= 0.3 is 14.5 Å². The van der Waals surface area contributed by atoms with Gasteiger partial charge in [-0.25, -0.2) is 0 Å². The second kappa shape index (κ2) is 6.29. The highest BCUT2D eigenvalue weighted by Gasteiger charge is 2.51. The van der Waals surface area contributed by atoms with Crippen molar-refractivity contribution in [1.82, 2.24) is 0 Å². The van der Waals surface area contributed by atoms with Crippen LogP contribution in [0.3, 0.4) is 0 Å². The Morgan fingerprint density at radius 3 is 1.78 bits per heavy atom. The lowest BCUT2D eigenvalue weighted by molar-refractivity contribution is -0.105. The lowest BCUT2D eigenvalue weighted by Crippen LogP contribution is -2.58. The van der Waals surface area contributed by atoms with Gasteiger partial charge in [0.15, 0.2) is 0 Å². The van der Waals surface area contributed by atoms with Crippen LogP contribution in [-0.2, 0) is 3.79 Å². The molecular formula is C16H33AlO. The molecule has 1 heterocycles. The summed E-state index contributed by atoms with van der Waals surface area (Å²) in [6, 6.07) is 0. The van der Waals surface area contributed by atoms with Gasteiger partial charge < -0.3 is 3.79 Å². The monoisotopic (exact) mass is 268 g/mol. The molecule has 0 amide bonds. The predicted octanol–water partition coefficient (Wildman–Crippen LogP) is 5.13. The van der Waals surface area contributed by atoms with E-state index in [1.165, 1.54) is 11.7 Å². The van der Waals surface area contributed by atoms with Crippen LogP contribution in [0.15, 0.2) is 0 Å². The third kappa shape index (κ3) is 2.97. The fourth-order valence-corrected chi connectivity index (χ4v) is 7.08. The Morgan fingerprint density at radius 1 is 0.944 bits per heavy atom. The summed E-state index contributed by atoms with van der Waals surface area (Å²) in [6.45, 7) is 18.9. The van der Waals surface area contributed by atoms with Crippen LogP contribution in [-0.4, -0.2) is 20.1 Å². The zero-order valence-corrected chi connectivity index (χ0v) is 14.9. The van der Waals surface area contributed by atoms with Crippen LogP contribution >= 0.6 is 0 Å². The smallest absolute Gasteiger partial charge is 0.464 e. The van der Waals surface area contributed by atoms with Gasteiger partial charge in [0.05, 0.1) is 0 Å². The fraction of sp³-hybridized carbons (Fsp3) is 1.00. The fourth-order valence-electron chi connectivity index (χ4n) is 4.10. The minimum Gasteiger partial charge on any atom is -0.495 e. The van der Waals surface area contributed by atoms with E-state index in [2.05, 4.69) is 55.4 Å². The molecule has 2 heteroatoms. The molecule has 106 valence electrons. The number of hydrogen-bond acceptors (Lipinski definition) is 1. The van der Waals surface area contributed by atoms with Gasteiger partial charge in [-0.2, -0.15) is 0 Å². The Bertz CT molecular complexity index is 250. The predicted molar refractivity (Wildman–Crippen MR) is 82.1 cm³/mol. The summed E-state index contributed by atoms with van der Waals surface area (Å²) in [6.07, 6.45) is 1.39. The summed E-state index contributed by atoms with van der Waals surface area (Å²) in [5.41, 5.74) is 0.133. The van der Waals surface area contributed by atoms with E-state index >= 15 is 0 Å². The molecular weight excluding hydrogens is 235 g/mol. The molecule has 1 aliphatic heterocycles. The maximum absolute atomic E-state index is 6.87. The van der Waals surface area contributed by atoms with Crippen molar-refractivity contribution in [2.24, 2.45) is 23.7 Å². The van der Waals surface area contributed by atoms with E-state index in [9.17, 15) is 0 Å². The normalized spacial score (nSPS) is 24.7. The summed E-state index contributed by atoms with van der Waals surface area (Å²) in [5, 5.41) is 1.38. The first-order chi connectivity index (χ1) is 8.23. The third-order valence-corrected chi connectivity index (χ3v) is 8.15. The van der Waals surface area contributed by atoms with Gasteiger partial charge in [0.1, 0.15) is 0 Å². The molecule has 18 heavy (non-hydrogen) atoms. The molecule has 0 N–H and O–H groups in total. The maximum atomic E-state index is 6.87. The molecule has 1 unspecified atom stereocenters. The highest BCUT2D eigenvalue weighted by Crippen LogP contribution is 2.48. The third-order valence-electron chi connectivity index (χ3n) is 5.05. The summed E-state index contributed by atoms with van der Waals surface area (Å²) in [4.78, 5) is 0. The first-order valence-electron chi connectivity index (χ1n) is 7.91. The van der Waals surface area contributed by atoms with Gasteiger partial charge in [0.2, 0.25) is 0 Å². The van der Waals surface area contributed by atoms with Crippen LogP contribution < -0.4 is 0 Å². The van der Waals surface area contributed by atoms with Crippen molar-refractivity contribution in [3.63, 3.8) is 0 Å². The van der Waals surface area contributed by atoms with E-state index in [0.29, 0.717) is 11.8 Å². The Labute approximate surface area is 119 Å². The van der Waals surface area contributed by atoms with Crippen molar-refractivity contribution in [2.45, 2.75) is 77.5 Å². The van der Waals surface area contributed by atoms with E-state index in [1.54, 1.807) is 0 Å². The Kier molecular flexibility index (Phi) is 5.79. The second-order valence-electron chi connectivity index (χ2n) is 7.49. The van der Waals surface area contributed by atoms with Crippen LogP contribution in [0.1, 0.15) is 61.8 Å². The Balaban J connectivity index is 3.09. The molecule has 0 bridgehead atoms. The van der Waals surface area contributed by atoms with Gasteiger partial charge in [0, 0.05) is 5.60 Å². The van der Waals surface area contributed by atoms with Crippen molar-refractivity contribution in [3.8, 4) is 0 Å². The average Bonchev–Trinajstić information content (AvgIpc) is 2.26. The molecule has 1 fully saturated rings. The first-order valence-corrected chi connectivity index (χ1v) is 9.86. The van der Waals surface area contributed by atoms with Crippen molar-refractivity contribution in [3.05, 3.63) is 0 Å². The van der Waals surface area contributed by atoms with Crippen molar-refractivity contribution in [2.75, 3.05) is 0 Å². The zero-order chi connectivity index (χ0) is 14.1. The van der Waals surface area contributed by atoms with Crippen molar-refractivity contribution in [1.29, 1.82) is 0 Å². The van der Waals surface area contributed by atoms with Gasteiger partial charge in [-0.05, 0) is 23.7 Å². The average molecular weight is 268 g/mol. The molecule has 1 saturated heterocycles. The molecule has 1 aliphatic rings. The summed E-state index contributed by atoms with van der Waals surface area (Å²) in [7, 11) is 0. The van der Waals surface area contributed by atoms with Crippen LogP contribution in [0.5, 0.6) is 0 Å². The molecule has 1 atom stereocenters. The van der Waals surface area contributed by atoms with E-state index < -0.39 is 14.5 Å². The molecule has 0 aromatic heterocycles. The molecule has 0 radical (unpaired) electrons. The molecule has 1 nitrogen and oxygen atoms in total. The summed E-state index contributed by atoms with van der Waals surface area (Å²) in [5.74, 6) is 2.72. The Hall–Kier alpha value is 0.492. The minimum absolute atomic E-state index is 0.133. The molecule has 0 saturated carbocycles. The van der Waals surface area contributed by atoms with Crippen molar-refractivity contribution < 1.29 is 3.79 Å². The van der Waals surface area contributed by atoms with Crippen molar-refractivity contribution >= 4 is 14.5 Å². The largest absolute Gasteiger partial charge is 0.495 e. The van der Waals surface area contributed by atoms with Gasteiger partial charge in [-0.3, -0.25) is 0 Å². The van der Waals surface area contributed by atoms with Gasteiger partial charge in [-0.1, -0.05) is 71.9 Å². The van der Waals surface area contributed by atoms with Crippen LogP contribution in [0, 0.1) is 23.7 Å². The molecule has 1 rings (SSSR count). The van der Waals surface area contributed by atoms with E-state index in [4.69, 9.17) is 3.79 Å². The molecule has 0 aliphatic carbocycles.